The molecule has 1 aromatic carbocycles. The van der Waals surface area contributed by atoms with Gasteiger partial charge in [0.05, 0.1) is 11.1 Å². The quantitative estimate of drug-likeness (QED) is 0.268. The van der Waals surface area contributed by atoms with Gasteiger partial charge in [0.15, 0.2) is 11.5 Å². The molecule has 0 fully saturated rings. The SMILES string of the molecule is N=C(N)NN=C1c2cc(OC(F)(F)F)ccc2-n2c1nc1ncccc1c2=O. The van der Waals surface area contributed by atoms with Crippen molar-refractivity contribution in [3.05, 3.63) is 58.3 Å². The van der Waals surface area contributed by atoms with E-state index in [-0.39, 0.29) is 33.8 Å². The summed E-state index contributed by atoms with van der Waals surface area (Å²) in [5, 5.41) is 11.4. The maximum Gasteiger partial charge on any atom is 0.573 e. The molecule has 4 rings (SSSR count). The summed E-state index contributed by atoms with van der Waals surface area (Å²) in [6.07, 6.45) is -3.43. The number of alkyl halides is 3. The van der Waals surface area contributed by atoms with E-state index >= 15 is 0 Å². The first kappa shape index (κ1) is 17.5. The van der Waals surface area contributed by atoms with Crippen molar-refractivity contribution in [1.29, 1.82) is 5.41 Å². The Labute approximate surface area is 153 Å². The van der Waals surface area contributed by atoms with Gasteiger partial charge in [0.2, 0.25) is 5.96 Å². The fourth-order valence-electron chi connectivity index (χ4n) is 2.85. The Balaban J connectivity index is 1.98. The average Bonchev–Trinajstić information content (AvgIpc) is 2.91. The smallest absolute Gasteiger partial charge is 0.406 e. The van der Waals surface area contributed by atoms with Crippen LogP contribution in [0, 0.1) is 5.41 Å². The summed E-state index contributed by atoms with van der Waals surface area (Å²) >= 11 is 0. The molecule has 12 heteroatoms. The van der Waals surface area contributed by atoms with Crippen molar-refractivity contribution in [2.75, 3.05) is 0 Å². The number of nitrogens with zero attached hydrogens (tertiary/aromatic N) is 4. The van der Waals surface area contributed by atoms with Gasteiger partial charge < -0.3 is 10.5 Å². The van der Waals surface area contributed by atoms with E-state index in [2.05, 4.69) is 25.2 Å². The molecule has 3 heterocycles. The van der Waals surface area contributed by atoms with E-state index < -0.39 is 23.6 Å². The van der Waals surface area contributed by atoms with Crippen molar-refractivity contribution < 1.29 is 17.9 Å². The second kappa shape index (κ2) is 6.04. The Bertz CT molecular complexity index is 1220. The van der Waals surface area contributed by atoms with Gasteiger partial charge >= 0.3 is 6.36 Å². The van der Waals surface area contributed by atoms with E-state index in [0.29, 0.717) is 0 Å². The number of nitrogens with two attached hydrogens (primary N) is 1. The second-order valence-electron chi connectivity index (χ2n) is 5.66. The minimum Gasteiger partial charge on any atom is -0.406 e. The number of hydrogen-bond acceptors (Lipinski definition) is 6. The van der Waals surface area contributed by atoms with Gasteiger partial charge in [-0.2, -0.15) is 5.10 Å². The molecule has 28 heavy (non-hydrogen) atoms. The van der Waals surface area contributed by atoms with Gasteiger partial charge in [0.25, 0.3) is 5.56 Å². The lowest BCUT2D eigenvalue weighted by atomic mass is 10.1. The van der Waals surface area contributed by atoms with Crippen LogP contribution in [0.2, 0.25) is 0 Å². The Kier molecular flexibility index (Phi) is 3.77. The third-order valence-electron chi connectivity index (χ3n) is 3.84. The molecule has 0 aliphatic carbocycles. The third-order valence-corrected chi connectivity index (χ3v) is 3.84. The minimum absolute atomic E-state index is 0.0162. The number of fused-ring (bicyclic) bond motifs is 4. The summed E-state index contributed by atoms with van der Waals surface area (Å²) in [7, 11) is 0. The van der Waals surface area contributed by atoms with E-state index in [4.69, 9.17) is 11.1 Å². The first-order chi connectivity index (χ1) is 13.2. The molecule has 0 unspecified atom stereocenters. The van der Waals surface area contributed by atoms with E-state index in [1.807, 2.05) is 0 Å². The number of pyridine rings is 1. The molecular weight excluding hydrogens is 379 g/mol. The largest absolute Gasteiger partial charge is 0.573 e. The zero-order valence-electron chi connectivity index (χ0n) is 13.8. The van der Waals surface area contributed by atoms with E-state index in [1.54, 1.807) is 6.07 Å². The number of hydrogen-bond donors (Lipinski definition) is 3. The van der Waals surface area contributed by atoms with Crippen molar-refractivity contribution in [2.24, 2.45) is 10.8 Å². The van der Waals surface area contributed by atoms with Gasteiger partial charge in [0, 0.05) is 11.8 Å². The molecule has 0 amide bonds. The molecule has 0 saturated heterocycles. The van der Waals surface area contributed by atoms with Gasteiger partial charge in [-0.1, -0.05) is 0 Å². The number of aromatic nitrogens is 3. The molecule has 4 N–H and O–H groups in total. The number of rotatable bonds is 2. The maximum atomic E-state index is 12.9. The van der Waals surface area contributed by atoms with Crippen molar-refractivity contribution in [3.8, 4) is 11.4 Å². The molecule has 9 nitrogen and oxygen atoms in total. The van der Waals surface area contributed by atoms with Crippen molar-refractivity contribution >= 4 is 22.7 Å². The summed E-state index contributed by atoms with van der Waals surface area (Å²) in [5.41, 5.74) is 7.56. The first-order valence-corrected chi connectivity index (χ1v) is 7.71. The number of halogens is 3. The molecule has 0 atom stereocenters. The summed E-state index contributed by atoms with van der Waals surface area (Å²) in [5.74, 6) is -0.953. The molecular formula is C16H10F3N7O2. The highest BCUT2D eigenvalue weighted by Gasteiger charge is 2.34. The Morgan fingerprint density at radius 2 is 2.11 bits per heavy atom. The highest BCUT2D eigenvalue weighted by Crippen LogP contribution is 2.32. The van der Waals surface area contributed by atoms with E-state index in [1.165, 1.54) is 22.9 Å². The molecule has 0 radical (unpaired) electrons. The number of guanidine groups is 1. The predicted molar refractivity (Wildman–Crippen MR) is 92.5 cm³/mol. The lowest BCUT2D eigenvalue weighted by Crippen LogP contribution is -2.28. The van der Waals surface area contributed by atoms with Crippen LogP contribution in [0.4, 0.5) is 13.2 Å². The summed E-state index contributed by atoms with van der Waals surface area (Å²) in [6, 6.07) is 6.56. The lowest BCUT2D eigenvalue weighted by molar-refractivity contribution is -0.274. The maximum absolute atomic E-state index is 12.9. The van der Waals surface area contributed by atoms with E-state index in [0.717, 1.165) is 12.1 Å². The number of ether oxygens (including phenoxy) is 1. The zero-order chi connectivity index (χ0) is 20.1. The number of nitrogens with one attached hydrogen (secondary N) is 2. The Hall–Kier alpha value is -3.96. The van der Waals surface area contributed by atoms with Crippen molar-refractivity contribution in [2.45, 2.75) is 6.36 Å². The molecule has 142 valence electrons. The van der Waals surface area contributed by atoms with Crippen LogP contribution in [-0.2, 0) is 0 Å². The monoisotopic (exact) mass is 389 g/mol. The predicted octanol–water partition coefficient (Wildman–Crippen LogP) is 1.23. The van der Waals surface area contributed by atoms with Gasteiger partial charge in [-0.3, -0.25) is 14.8 Å². The topological polar surface area (TPSA) is 131 Å². The highest BCUT2D eigenvalue weighted by atomic mass is 19.4. The number of benzene rings is 1. The lowest BCUT2D eigenvalue weighted by Gasteiger charge is -2.10. The molecule has 0 saturated carbocycles. The van der Waals surface area contributed by atoms with Crippen molar-refractivity contribution in [3.63, 3.8) is 0 Å². The Morgan fingerprint density at radius 1 is 1.32 bits per heavy atom. The van der Waals surface area contributed by atoms with Gasteiger partial charge in [-0.15, -0.1) is 13.2 Å². The molecule has 2 aromatic heterocycles. The second-order valence-corrected chi connectivity index (χ2v) is 5.66. The van der Waals surface area contributed by atoms with Gasteiger partial charge in [0.1, 0.15) is 11.5 Å². The molecule has 3 aromatic rings. The summed E-state index contributed by atoms with van der Waals surface area (Å²) in [4.78, 5) is 21.2. The molecule has 1 aliphatic rings. The Morgan fingerprint density at radius 3 is 2.82 bits per heavy atom. The van der Waals surface area contributed by atoms with Gasteiger partial charge in [-0.05, 0) is 30.3 Å². The average molecular weight is 389 g/mol. The first-order valence-electron chi connectivity index (χ1n) is 7.71. The fraction of sp³-hybridized carbons (Fsp3) is 0.0625. The summed E-state index contributed by atoms with van der Waals surface area (Å²) < 4.78 is 42.9. The zero-order valence-corrected chi connectivity index (χ0v) is 13.8. The fourth-order valence-corrected chi connectivity index (χ4v) is 2.85. The van der Waals surface area contributed by atoms with Crippen LogP contribution in [0.3, 0.4) is 0 Å². The molecule has 0 spiro atoms. The van der Waals surface area contributed by atoms with Crippen LogP contribution in [0.15, 0.2) is 46.4 Å². The third kappa shape index (κ3) is 2.90. The van der Waals surface area contributed by atoms with Crippen LogP contribution in [-0.4, -0.2) is 32.6 Å². The molecule has 0 bridgehead atoms. The van der Waals surface area contributed by atoms with Crippen LogP contribution in [0.1, 0.15) is 11.4 Å². The van der Waals surface area contributed by atoms with Crippen LogP contribution < -0.4 is 21.5 Å². The highest BCUT2D eigenvalue weighted by molar-refractivity contribution is 6.17. The summed E-state index contributed by atoms with van der Waals surface area (Å²) in [6.45, 7) is 0. The van der Waals surface area contributed by atoms with Crippen LogP contribution in [0.25, 0.3) is 16.7 Å². The van der Waals surface area contributed by atoms with Gasteiger partial charge in [-0.25, -0.2) is 15.4 Å². The minimum atomic E-state index is -4.89. The van der Waals surface area contributed by atoms with E-state index in [9.17, 15) is 18.0 Å². The van der Waals surface area contributed by atoms with Crippen LogP contribution in [0.5, 0.6) is 5.75 Å². The number of hydrazone groups is 1. The van der Waals surface area contributed by atoms with Crippen LogP contribution >= 0.6 is 0 Å². The standard InChI is InChI=1S/C16H10F3N7O2/c17-16(18,19)28-7-3-4-10-9(6-7)11(24-25-15(20)21)13-23-12-8(2-1-5-22-12)14(27)26(10)13/h1-6H,(H4,20,21,25). The molecule has 1 aliphatic heterocycles. The van der Waals surface area contributed by atoms with Crippen molar-refractivity contribution in [1.82, 2.24) is 20.0 Å². The normalized spacial score (nSPS) is 14.0.